The largest absolute Gasteiger partial charge is 0.480 e. The number of hydrogen-bond acceptors (Lipinski definition) is 5. The van der Waals surface area contributed by atoms with Crippen molar-refractivity contribution < 1.29 is 32.4 Å². The standard InChI is InChI=1S/C9H11F3N4O4/c10-9(11,12)4-16(3-7(17)18)8(19)13-2-1-6-14-5-20-15-6/h5H,1-4H2,(H,13,19)(H,17,18). The van der Waals surface area contributed by atoms with Gasteiger partial charge in [0, 0.05) is 13.0 Å². The van der Waals surface area contributed by atoms with Gasteiger partial charge >= 0.3 is 18.2 Å². The highest BCUT2D eigenvalue weighted by Crippen LogP contribution is 2.16. The smallest absolute Gasteiger partial charge is 0.406 e. The summed E-state index contributed by atoms with van der Waals surface area (Å²) < 4.78 is 41.1. The summed E-state index contributed by atoms with van der Waals surface area (Å²) in [5.74, 6) is -1.27. The quantitative estimate of drug-likeness (QED) is 0.780. The third-order valence-corrected chi connectivity index (χ3v) is 2.02. The van der Waals surface area contributed by atoms with E-state index in [0.29, 0.717) is 0 Å². The van der Waals surface area contributed by atoms with Crippen molar-refractivity contribution in [2.45, 2.75) is 12.6 Å². The molecule has 20 heavy (non-hydrogen) atoms. The number of carbonyl (C=O) groups excluding carboxylic acids is 1. The van der Waals surface area contributed by atoms with Crippen LogP contribution in [0.2, 0.25) is 0 Å². The monoisotopic (exact) mass is 296 g/mol. The van der Waals surface area contributed by atoms with Crippen LogP contribution < -0.4 is 5.32 Å². The van der Waals surface area contributed by atoms with Crippen LogP contribution in [-0.2, 0) is 11.2 Å². The second-order valence-corrected chi connectivity index (χ2v) is 3.69. The lowest BCUT2D eigenvalue weighted by Gasteiger charge is -2.22. The Balaban J connectivity index is 2.47. The Morgan fingerprint density at radius 2 is 2.15 bits per heavy atom. The number of carboxylic acid groups (broad SMARTS) is 1. The zero-order valence-electron chi connectivity index (χ0n) is 10.1. The lowest BCUT2D eigenvalue weighted by molar-refractivity contribution is -0.148. The molecule has 0 saturated carbocycles. The molecule has 0 aliphatic carbocycles. The highest BCUT2D eigenvalue weighted by atomic mass is 19.4. The molecule has 11 heteroatoms. The molecular weight excluding hydrogens is 285 g/mol. The molecule has 112 valence electrons. The maximum atomic E-state index is 12.2. The van der Waals surface area contributed by atoms with Gasteiger partial charge in [0.2, 0.25) is 6.39 Å². The minimum atomic E-state index is -4.68. The van der Waals surface area contributed by atoms with Gasteiger partial charge in [0.15, 0.2) is 5.82 Å². The molecule has 2 amide bonds. The number of alkyl halides is 3. The van der Waals surface area contributed by atoms with E-state index in [-0.39, 0.29) is 23.7 Å². The summed E-state index contributed by atoms with van der Waals surface area (Å²) in [7, 11) is 0. The molecule has 0 fully saturated rings. The molecule has 0 aliphatic rings. The van der Waals surface area contributed by atoms with Crippen LogP contribution in [0.15, 0.2) is 10.9 Å². The molecule has 0 aromatic carbocycles. The van der Waals surface area contributed by atoms with Crippen LogP contribution in [0.5, 0.6) is 0 Å². The van der Waals surface area contributed by atoms with Crippen molar-refractivity contribution in [3.8, 4) is 0 Å². The van der Waals surface area contributed by atoms with Crippen molar-refractivity contribution in [1.29, 1.82) is 0 Å². The molecule has 2 N–H and O–H groups in total. The number of urea groups is 1. The summed E-state index contributed by atoms with van der Waals surface area (Å²) in [5, 5.41) is 14.1. The predicted molar refractivity (Wildman–Crippen MR) is 56.7 cm³/mol. The van der Waals surface area contributed by atoms with Gasteiger partial charge in [-0.3, -0.25) is 4.79 Å². The van der Waals surface area contributed by atoms with Gasteiger partial charge in [-0.25, -0.2) is 4.79 Å². The fourth-order valence-corrected chi connectivity index (χ4v) is 1.27. The summed E-state index contributed by atoms with van der Waals surface area (Å²) in [5.41, 5.74) is 0. The molecule has 1 heterocycles. The van der Waals surface area contributed by atoms with E-state index >= 15 is 0 Å². The number of amides is 2. The molecule has 1 aromatic rings. The van der Waals surface area contributed by atoms with E-state index in [1.54, 1.807) is 0 Å². The summed E-state index contributed by atoms with van der Waals surface area (Å²) in [6.45, 7) is -2.74. The van der Waals surface area contributed by atoms with Gasteiger partial charge < -0.3 is 19.8 Å². The van der Waals surface area contributed by atoms with Crippen LogP contribution in [0.3, 0.4) is 0 Å². The maximum Gasteiger partial charge on any atom is 0.406 e. The van der Waals surface area contributed by atoms with Gasteiger partial charge in [-0.2, -0.15) is 18.2 Å². The molecule has 1 aromatic heterocycles. The minimum Gasteiger partial charge on any atom is -0.480 e. The third kappa shape index (κ3) is 6.02. The number of halogens is 3. The predicted octanol–water partition coefficient (Wildman–Crippen LogP) is 0.271. The molecule has 0 unspecified atom stereocenters. The number of carboxylic acids is 1. The highest BCUT2D eigenvalue weighted by molar-refractivity contribution is 5.80. The first-order chi connectivity index (χ1) is 9.28. The fourth-order valence-electron chi connectivity index (χ4n) is 1.27. The van der Waals surface area contributed by atoms with Crippen LogP contribution >= 0.6 is 0 Å². The van der Waals surface area contributed by atoms with Crippen LogP contribution in [-0.4, -0.2) is 58.0 Å². The Bertz CT molecular complexity index is 449. The lowest BCUT2D eigenvalue weighted by Crippen LogP contribution is -2.47. The summed E-state index contributed by atoms with van der Waals surface area (Å²) in [6, 6.07) is -1.13. The van der Waals surface area contributed by atoms with Crippen molar-refractivity contribution >= 4 is 12.0 Å². The molecule has 0 bridgehead atoms. The van der Waals surface area contributed by atoms with Crippen LogP contribution in [0.4, 0.5) is 18.0 Å². The molecule has 0 atom stereocenters. The fraction of sp³-hybridized carbons (Fsp3) is 0.556. The molecule has 0 radical (unpaired) electrons. The molecule has 0 spiro atoms. The van der Waals surface area contributed by atoms with Crippen molar-refractivity contribution in [2.24, 2.45) is 0 Å². The molecule has 0 aliphatic heterocycles. The van der Waals surface area contributed by atoms with Crippen molar-refractivity contribution in [2.75, 3.05) is 19.6 Å². The van der Waals surface area contributed by atoms with E-state index in [1.165, 1.54) is 0 Å². The summed E-state index contributed by atoms with van der Waals surface area (Å²) in [6.07, 6.45) is -3.47. The van der Waals surface area contributed by atoms with Gasteiger partial charge in [0.1, 0.15) is 13.1 Å². The second-order valence-electron chi connectivity index (χ2n) is 3.69. The van der Waals surface area contributed by atoms with Gasteiger partial charge in [0.25, 0.3) is 0 Å². The van der Waals surface area contributed by atoms with Gasteiger partial charge in [0.05, 0.1) is 0 Å². The van der Waals surface area contributed by atoms with E-state index in [0.717, 1.165) is 6.39 Å². The number of nitrogens with zero attached hydrogens (tertiary/aromatic N) is 3. The zero-order chi connectivity index (χ0) is 15.2. The number of rotatable bonds is 6. The van der Waals surface area contributed by atoms with E-state index in [2.05, 4.69) is 20.0 Å². The zero-order valence-corrected chi connectivity index (χ0v) is 10.1. The van der Waals surface area contributed by atoms with Crippen molar-refractivity contribution in [3.05, 3.63) is 12.2 Å². The number of aromatic nitrogens is 2. The van der Waals surface area contributed by atoms with Crippen LogP contribution in [0.1, 0.15) is 5.82 Å². The average Bonchev–Trinajstić information content (AvgIpc) is 2.78. The van der Waals surface area contributed by atoms with E-state index < -0.39 is 31.3 Å². The van der Waals surface area contributed by atoms with Crippen LogP contribution in [0.25, 0.3) is 0 Å². The highest BCUT2D eigenvalue weighted by Gasteiger charge is 2.33. The number of hydrogen-bond donors (Lipinski definition) is 2. The Morgan fingerprint density at radius 1 is 1.45 bits per heavy atom. The molecule has 0 saturated heterocycles. The first-order valence-electron chi connectivity index (χ1n) is 5.34. The Hall–Kier alpha value is -2.33. The lowest BCUT2D eigenvalue weighted by atomic mass is 10.4. The number of nitrogens with one attached hydrogen (secondary N) is 1. The average molecular weight is 296 g/mol. The molecule has 8 nitrogen and oxygen atoms in total. The van der Waals surface area contributed by atoms with Gasteiger partial charge in [-0.1, -0.05) is 5.16 Å². The van der Waals surface area contributed by atoms with E-state index in [9.17, 15) is 22.8 Å². The normalized spacial score (nSPS) is 11.2. The van der Waals surface area contributed by atoms with Crippen molar-refractivity contribution in [3.63, 3.8) is 0 Å². The van der Waals surface area contributed by atoms with E-state index in [1.807, 2.05) is 0 Å². The first-order valence-corrected chi connectivity index (χ1v) is 5.34. The summed E-state index contributed by atoms with van der Waals surface area (Å²) >= 11 is 0. The van der Waals surface area contributed by atoms with Crippen LogP contribution in [0, 0.1) is 0 Å². The maximum absolute atomic E-state index is 12.2. The molecule has 1 rings (SSSR count). The Labute approximate surface area is 110 Å². The minimum absolute atomic E-state index is 0.0493. The first kappa shape index (κ1) is 15.7. The second kappa shape index (κ2) is 6.73. The summed E-state index contributed by atoms with van der Waals surface area (Å²) in [4.78, 5) is 25.7. The Kier molecular flexibility index (Phi) is 5.29. The van der Waals surface area contributed by atoms with Gasteiger partial charge in [-0.15, -0.1) is 0 Å². The topological polar surface area (TPSA) is 109 Å². The van der Waals surface area contributed by atoms with Crippen molar-refractivity contribution in [1.82, 2.24) is 20.4 Å². The third-order valence-electron chi connectivity index (χ3n) is 2.02. The van der Waals surface area contributed by atoms with E-state index in [4.69, 9.17) is 5.11 Å². The SMILES string of the molecule is O=C(O)CN(CC(F)(F)F)C(=O)NCCc1ncon1. The number of carbonyl (C=O) groups is 2. The number of aliphatic carboxylic acids is 1. The van der Waals surface area contributed by atoms with Gasteiger partial charge in [-0.05, 0) is 0 Å². The Morgan fingerprint density at radius 3 is 2.65 bits per heavy atom. The molecular formula is C9H11F3N4O4.